The Kier molecular flexibility index (Phi) is 8.72. The monoisotopic (exact) mass is 497 g/mol. The molecule has 36 heavy (non-hydrogen) atoms. The molecule has 1 aromatic rings. The number of fused-ring (bicyclic) bond motifs is 1. The summed E-state index contributed by atoms with van der Waals surface area (Å²) in [6.45, 7) is 12.7. The van der Waals surface area contributed by atoms with Gasteiger partial charge in [0.15, 0.2) is 0 Å². The number of rotatable bonds is 10. The zero-order valence-corrected chi connectivity index (χ0v) is 23.3. The summed E-state index contributed by atoms with van der Waals surface area (Å²) in [7, 11) is 0. The smallest absolute Gasteiger partial charge is 0.224 e. The predicted octanol–water partition coefficient (Wildman–Crippen LogP) is 6.13. The zero-order valence-electron chi connectivity index (χ0n) is 23.3. The van der Waals surface area contributed by atoms with Gasteiger partial charge in [0.25, 0.3) is 0 Å². The number of nitrogens with one attached hydrogen (secondary N) is 1. The van der Waals surface area contributed by atoms with E-state index in [1.165, 1.54) is 96.7 Å². The summed E-state index contributed by atoms with van der Waals surface area (Å²) in [6.07, 6.45) is 18.0. The molecule has 2 aliphatic heterocycles. The van der Waals surface area contributed by atoms with Crippen LogP contribution in [0.4, 0.5) is 11.8 Å². The number of nitrogens with zero attached hydrogens (tertiary/aromatic N) is 4. The number of aromatic nitrogens is 2. The molecular formula is C30H51N5O. The summed E-state index contributed by atoms with van der Waals surface area (Å²) in [6, 6.07) is 2.53. The van der Waals surface area contributed by atoms with Crippen molar-refractivity contribution in [2.45, 2.75) is 116 Å². The lowest BCUT2D eigenvalue weighted by Gasteiger charge is -2.37. The van der Waals surface area contributed by atoms with Crippen LogP contribution in [0, 0.1) is 17.8 Å². The summed E-state index contributed by atoms with van der Waals surface area (Å²) in [4.78, 5) is 14.5. The Balaban J connectivity index is 1.07. The third-order valence-electron chi connectivity index (χ3n) is 10.00. The summed E-state index contributed by atoms with van der Waals surface area (Å²) in [5.41, 5.74) is 0.264. The average molecular weight is 498 g/mol. The van der Waals surface area contributed by atoms with Crippen molar-refractivity contribution in [1.82, 2.24) is 14.9 Å². The predicted molar refractivity (Wildman–Crippen MR) is 149 cm³/mol. The van der Waals surface area contributed by atoms with E-state index < -0.39 is 0 Å². The van der Waals surface area contributed by atoms with Crippen LogP contribution in [0.15, 0.2) is 12.3 Å². The van der Waals surface area contributed by atoms with Crippen molar-refractivity contribution in [1.29, 1.82) is 0 Å². The minimum atomic E-state index is 0.264. The fraction of sp³-hybridized carbons (Fsp3) is 0.867. The molecule has 6 nitrogen and oxygen atoms in total. The summed E-state index contributed by atoms with van der Waals surface area (Å²) < 4.78 is 6.80. The van der Waals surface area contributed by atoms with E-state index in [9.17, 15) is 0 Å². The highest BCUT2D eigenvalue weighted by molar-refractivity contribution is 5.42. The van der Waals surface area contributed by atoms with Crippen LogP contribution in [-0.4, -0.2) is 65.3 Å². The number of unbranched alkanes of at least 4 members (excludes halogenated alkanes) is 2. The molecule has 1 N–H and O–H groups in total. The van der Waals surface area contributed by atoms with Gasteiger partial charge in [0.05, 0.1) is 11.7 Å². The van der Waals surface area contributed by atoms with Crippen LogP contribution in [0.1, 0.15) is 97.8 Å². The summed E-state index contributed by atoms with van der Waals surface area (Å²) in [5.74, 6) is 4.27. The van der Waals surface area contributed by atoms with Crippen molar-refractivity contribution < 1.29 is 4.74 Å². The average Bonchev–Trinajstić information content (AvgIpc) is 3.37. The number of hydrogen-bond donors (Lipinski definition) is 1. The van der Waals surface area contributed by atoms with E-state index in [0.717, 1.165) is 42.6 Å². The maximum atomic E-state index is 6.80. The minimum Gasteiger partial charge on any atom is -0.371 e. The van der Waals surface area contributed by atoms with Crippen LogP contribution in [-0.2, 0) is 4.74 Å². The fourth-order valence-corrected chi connectivity index (χ4v) is 7.74. The van der Waals surface area contributed by atoms with Gasteiger partial charge in [0.1, 0.15) is 5.82 Å². The molecule has 1 aromatic heterocycles. The Morgan fingerprint density at radius 2 is 1.94 bits per heavy atom. The maximum absolute atomic E-state index is 6.80. The lowest BCUT2D eigenvalue weighted by atomic mass is 9.77. The van der Waals surface area contributed by atoms with Gasteiger partial charge in [0.2, 0.25) is 5.95 Å². The Bertz CT molecular complexity index is 819. The second kappa shape index (κ2) is 12.0. The van der Waals surface area contributed by atoms with Crippen molar-refractivity contribution in [2.75, 3.05) is 42.9 Å². The molecule has 4 atom stereocenters. The SMILES string of the molecule is CCCCCN(CC)c1ccnc(NC2CCN(C[C@H]3C[C@@H]4OC5(CCCCC5)C[C@@H]4[C@H]3C)CC2)n1. The minimum absolute atomic E-state index is 0.264. The maximum Gasteiger partial charge on any atom is 0.224 e. The molecule has 5 rings (SSSR count). The second-order valence-corrected chi connectivity index (χ2v) is 12.4. The molecule has 2 saturated heterocycles. The highest BCUT2D eigenvalue weighted by Gasteiger charge is 2.53. The zero-order chi connectivity index (χ0) is 25.0. The molecule has 3 heterocycles. The molecule has 2 saturated carbocycles. The Labute approximate surface area is 220 Å². The third kappa shape index (κ3) is 6.01. The topological polar surface area (TPSA) is 53.5 Å². The van der Waals surface area contributed by atoms with Gasteiger partial charge in [-0.2, -0.15) is 4.98 Å². The molecular weight excluding hydrogens is 446 g/mol. The molecule has 0 aromatic carbocycles. The second-order valence-electron chi connectivity index (χ2n) is 12.4. The molecule has 0 amide bonds. The number of anilines is 2. The van der Waals surface area contributed by atoms with E-state index >= 15 is 0 Å². The Morgan fingerprint density at radius 1 is 1.14 bits per heavy atom. The number of ether oxygens (including phenoxy) is 1. The summed E-state index contributed by atoms with van der Waals surface area (Å²) in [5, 5.41) is 3.66. The molecule has 0 radical (unpaired) electrons. The molecule has 2 aliphatic carbocycles. The van der Waals surface area contributed by atoms with Crippen molar-refractivity contribution in [3.05, 3.63) is 12.3 Å². The van der Waals surface area contributed by atoms with Gasteiger partial charge in [-0.25, -0.2) is 4.98 Å². The van der Waals surface area contributed by atoms with Crippen molar-refractivity contribution in [3.8, 4) is 0 Å². The first kappa shape index (κ1) is 26.2. The van der Waals surface area contributed by atoms with Gasteiger partial charge in [-0.15, -0.1) is 0 Å². The van der Waals surface area contributed by atoms with Gasteiger partial charge < -0.3 is 19.9 Å². The highest BCUT2D eigenvalue weighted by Crippen LogP contribution is 2.54. The molecule has 4 fully saturated rings. The van der Waals surface area contributed by atoms with E-state index in [4.69, 9.17) is 9.72 Å². The van der Waals surface area contributed by atoms with Crippen LogP contribution in [0.3, 0.4) is 0 Å². The largest absolute Gasteiger partial charge is 0.371 e. The molecule has 6 heteroatoms. The van der Waals surface area contributed by atoms with Gasteiger partial charge in [0, 0.05) is 45.0 Å². The van der Waals surface area contributed by atoms with Gasteiger partial charge in [-0.1, -0.05) is 46.0 Å². The molecule has 4 aliphatic rings. The van der Waals surface area contributed by atoms with E-state index in [1.807, 2.05) is 6.20 Å². The van der Waals surface area contributed by atoms with Crippen LogP contribution < -0.4 is 10.2 Å². The molecule has 1 spiro atoms. The van der Waals surface area contributed by atoms with Gasteiger partial charge >= 0.3 is 0 Å². The van der Waals surface area contributed by atoms with E-state index in [1.54, 1.807) is 0 Å². The number of likely N-dealkylation sites (tertiary alicyclic amines) is 1. The first-order chi connectivity index (χ1) is 17.6. The Hall–Kier alpha value is -1.40. The van der Waals surface area contributed by atoms with Crippen LogP contribution in [0.5, 0.6) is 0 Å². The normalized spacial score (nSPS) is 30.5. The lowest BCUT2D eigenvalue weighted by molar-refractivity contribution is -0.0673. The standard InChI is InChI=1S/C30H51N5O/c1-4-6-10-17-35(5-2)28-11-16-31-29(33-28)32-25-12-18-34(19-13-25)22-24-20-27-26(23(24)3)21-30(36-27)14-8-7-9-15-30/h11,16,23-27H,4-10,12-15,17-22H2,1-3H3,(H,31,32,33)/t23-,24+,26+,27-/m0/s1. The Morgan fingerprint density at radius 3 is 2.67 bits per heavy atom. The first-order valence-electron chi connectivity index (χ1n) is 15.3. The number of piperidine rings is 1. The van der Waals surface area contributed by atoms with Crippen LogP contribution in [0.2, 0.25) is 0 Å². The highest BCUT2D eigenvalue weighted by atomic mass is 16.5. The molecule has 0 unspecified atom stereocenters. The molecule has 202 valence electrons. The lowest BCUT2D eigenvalue weighted by Crippen LogP contribution is -2.42. The molecule has 0 bridgehead atoms. The van der Waals surface area contributed by atoms with Crippen LogP contribution in [0.25, 0.3) is 0 Å². The quantitative estimate of drug-likeness (QED) is 0.392. The third-order valence-corrected chi connectivity index (χ3v) is 10.00. The van der Waals surface area contributed by atoms with E-state index in [0.29, 0.717) is 12.1 Å². The van der Waals surface area contributed by atoms with Crippen molar-refractivity contribution in [2.24, 2.45) is 17.8 Å². The van der Waals surface area contributed by atoms with Gasteiger partial charge in [-0.05, 0) is 75.7 Å². The van der Waals surface area contributed by atoms with E-state index in [-0.39, 0.29) is 5.60 Å². The summed E-state index contributed by atoms with van der Waals surface area (Å²) >= 11 is 0. The first-order valence-corrected chi connectivity index (χ1v) is 15.3. The number of hydrogen-bond acceptors (Lipinski definition) is 6. The van der Waals surface area contributed by atoms with Gasteiger partial charge in [-0.3, -0.25) is 0 Å². The fourth-order valence-electron chi connectivity index (χ4n) is 7.74. The van der Waals surface area contributed by atoms with E-state index in [2.05, 4.69) is 46.9 Å². The van der Waals surface area contributed by atoms with Crippen molar-refractivity contribution in [3.63, 3.8) is 0 Å². The van der Waals surface area contributed by atoms with Crippen LogP contribution >= 0.6 is 0 Å². The van der Waals surface area contributed by atoms with Crippen molar-refractivity contribution >= 4 is 11.8 Å².